The normalized spacial score (nSPS) is 11.9. The highest BCUT2D eigenvalue weighted by molar-refractivity contribution is 9.09. The second-order valence-corrected chi connectivity index (χ2v) is 5.85. The van der Waals surface area contributed by atoms with E-state index in [2.05, 4.69) is 21.2 Å². The number of halogens is 2. The molecule has 0 aliphatic rings. The molecule has 1 N–H and O–H groups in total. The monoisotopic (exact) mass is 380 g/mol. The highest BCUT2D eigenvalue weighted by Crippen LogP contribution is 2.07. The molecule has 0 bridgehead atoms. The maximum atomic E-state index is 13.2. The van der Waals surface area contributed by atoms with Crippen molar-refractivity contribution in [3.8, 4) is 0 Å². The van der Waals surface area contributed by atoms with Gasteiger partial charge in [0.15, 0.2) is 0 Å². The minimum absolute atomic E-state index is 0.184. The molecule has 0 saturated carbocycles. The Hall–Kier alpha value is -1.95. The number of hydrogen-bond acceptors (Lipinski definition) is 2. The van der Waals surface area contributed by atoms with Crippen molar-refractivity contribution in [2.75, 3.05) is 10.6 Å². The predicted molar refractivity (Wildman–Crippen MR) is 92.8 cm³/mol. The predicted octanol–water partition coefficient (Wildman–Crippen LogP) is 3.15. The Morgan fingerprint density at radius 1 is 1.26 bits per heavy atom. The topological polar surface area (TPSA) is 51.1 Å². The van der Waals surface area contributed by atoms with Crippen LogP contribution in [0.3, 0.4) is 0 Å². The first-order valence-corrected chi connectivity index (χ1v) is 8.45. The second-order valence-electron chi connectivity index (χ2n) is 5.20. The summed E-state index contributed by atoms with van der Waals surface area (Å²) in [4.78, 5) is 23.9. The van der Waals surface area contributed by atoms with E-state index in [1.165, 1.54) is 10.6 Å². The van der Waals surface area contributed by atoms with E-state index in [1.807, 2.05) is 30.3 Å². The number of rotatable bonds is 7. The number of pyridine rings is 1. The average Bonchev–Trinajstić information content (AvgIpc) is 2.54. The molecule has 0 radical (unpaired) electrons. The summed E-state index contributed by atoms with van der Waals surface area (Å²) in [7, 11) is 0. The van der Waals surface area contributed by atoms with Crippen molar-refractivity contribution in [1.82, 2.24) is 4.57 Å². The van der Waals surface area contributed by atoms with Crippen molar-refractivity contribution in [2.24, 2.45) is 0 Å². The van der Waals surface area contributed by atoms with Crippen molar-refractivity contribution < 1.29 is 9.18 Å². The highest BCUT2D eigenvalue weighted by atomic mass is 79.9. The van der Waals surface area contributed by atoms with E-state index in [9.17, 15) is 14.0 Å². The summed E-state index contributed by atoms with van der Waals surface area (Å²) in [5.41, 5.74) is 1.09. The first-order chi connectivity index (χ1) is 11.1. The molecule has 1 aromatic carbocycles. The van der Waals surface area contributed by atoms with Crippen LogP contribution in [0.15, 0.2) is 53.5 Å². The lowest BCUT2D eigenvalue weighted by molar-refractivity contribution is -0.115. The third-order valence-corrected chi connectivity index (χ3v) is 4.04. The number of nitrogens with one attached hydrogen (secondary N) is 1. The number of carbonyl (C=O) groups is 1. The smallest absolute Gasteiger partial charge is 0.252 e. The molecule has 1 amide bonds. The molecule has 23 heavy (non-hydrogen) atoms. The Bertz CT molecular complexity index is 703. The summed E-state index contributed by atoms with van der Waals surface area (Å²) < 4.78 is 14.6. The van der Waals surface area contributed by atoms with E-state index in [0.717, 1.165) is 5.56 Å². The van der Waals surface area contributed by atoms with E-state index >= 15 is 0 Å². The Morgan fingerprint density at radius 3 is 2.65 bits per heavy atom. The maximum Gasteiger partial charge on any atom is 0.252 e. The van der Waals surface area contributed by atoms with Gasteiger partial charge in [0.25, 0.3) is 5.56 Å². The molecule has 2 rings (SSSR count). The number of aryl methyl sites for hydroxylation is 1. The zero-order valence-corrected chi connectivity index (χ0v) is 14.1. The Kier molecular flexibility index (Phi) is 6.52. The van der Waals surface area contributed by atoms with Crippen molar-refractivity contribution in [2.45, 2.75) is 25.6 Å². The fourth-order valence-corrected chi connectivity index (χ4v) is 2.44. The Morgan fingerprint density at radius 2 is 2.00 bits per heavy atom. The molecule has 1 unspecified atom stereocenters. The summed E-state index contributed by atoms with van der Waals surface area (Å²) in [6.07, 6.45) is 1.11. The minimum Gasteiger partial charge on any atom is -0.326 e. The van der Waals surface area contributed by atoms with Crippen LogP contribution < -0.4 is 10.9 Å². The van der Waals surface area contributed by atoms with Crippen LogP contribution in [0.1, 0.15) is 12.0 Å². The maximum absolute atomic E-state index is 13.2. The number of carbonyl (C=O) groups excluding carboxylic acids is 1. The molecule has 6 heteroatoms. The Labute approximate surface area is 142 Å². The van der Waals surface area contributed by atoms with E-state index < -0.39 is 6.17 Å². The van der Waals surface area contributed by atoms with Gasteiger partial charge in [0.1, 0.15) is 6.17 Å². The lowest BCUT2D eigenvalue weighted by Gasteiger charge is -2.09. The van der Waals surface area contributed by atoms with E-state index in [0.29, 0.717) is 12.2 Å². The van der Waals surface area contributed by atoms with Gasteiger partial charge < -0.3 is 9.88 Å². The van der Waals surface area contributed by atoms with Gasteiger partial charge in [-0.3, -0.25) is 9.59 Å². The van der Waals surface area contributed by atoms with Gasteiger partial charge in [-0.05, 0) is 18.1 Å². The van der Waals surface area contributed by atoms with Crippen LogP contribution in [-0.2, 0) is 17.8 Å². The molecule has 122 valence electrons. The molecule has 0 spiro atoms. The summed E-state index contributed by atoms with van der Waals surface area (Å²) in [5.74, 6) is -0.184. The third-order valence-electron chi connectivity index (χ3n) is 3.34. The fourth-order valence-electron chi connectivity index (χ4n) is 2.11. The lowest BCUT2D eigenvalue weighted by Crippen LogP contribution is -2.22. The van der Waals surface area contributed by atoms with Gasteiger partial charge in [0, 0.05) is 29.8 Å². The average molecular weight is 381 g/mol. The fraction of sp³-hybridized carbons (Fsp3) is 0.294. The molecule has 1 heterocycles. The summed E-state index contributed by atoms with van der Waals surface area (Å²) in [6.45, 7) is 0.309. The number of anilines is 1. The molecule has 4 nitrogen and oxygen atoms in total. The molecular formula is C17H18BrFN2O2. The zero-order valence-electron chi connectivity index (χ0n) is 12.5. The van der Waals surface area contributed by atoms with Crippen LogP contribution >= 0.6 is 15.9 Å². The summed E-state index contributed by atoms with van der Waals surface area (Å²) in [5, 5.41) is 2.96. The first-order valence-electron chi connectivity index (χ1n) is 7.33. The summed E-state index contributed by atoms with van der Waals surface area (Å²) >= 11 is 3.06. The van der Waals surface area contributed by atoms with E-state index in [4.69, 9.17) is 0 Å². The lowest BCUT2D eigenvalue weighted by atomic mass is 10.1. The second kappa shape index (κ2) is 8.62. The number of alkyl halides is 2. The van der Waals surface area contributed by atoms with E-state index in [-0.39, 0.29) is 29.6 Å². The van der Waals surface area contributed by atoms with Gasteiger partial charge in [-0.25, -0.2) is 4.39 Å². The highest BCUT2D eigenvalue weighted by Gasteiger charge is 2.07. The Balaban J connectivity index is 1.95. The summed E-state index contributed by atoms with van der Waals surface area (Å²) in [6, 6.07) is 12.4. The number of nitrogens with zero attached hydrogens (tertiary/aromatic N) is 1. The van der Waals surface area contributed by atoms with Crippen LogP contribution in [0.25, 0.3) is 0 Å². The van der Waals surface area contributed by atoms with Crippen LogP contribution in [0.2, 0.25) is 0 Å². The van der Waals surface area contributed by atoms with Gasteiger partial charge in [0.2, 0.25) is 5.91 Å². The molecule has 2 aromatic rings. The molecule has 0 aliphatic heterocycles. The molecular weight excluding hydrogens is 363 g/mol. The molecule has 1 aromatic heterocycles. The first kappa shape index (κ1) is 17.4. The quantitative estimate of drug-likeness (QED) is 0.750. The molecule has 0 saturated heterocycles. The van der Waals surface area contributed by atoms with Gasteiger partial charge >= 0.3 is 0 Å². The number of aromatic nitrogens is 1. The van der Waals surface area contributed by atoms with Crippen molar-refractivity contribution >= 4 is 27.5 Å². The van der Waals surface area contributed by atoms with Crippen molar-refractivity contribution in [3.63, 3.8) is 0 Å². The number of benzene rings is 1. The third kappa shape index (κ3) is 5.63. The largest absolute Gasteiger partial charge is 0.326 e. The SMILES string of the molecule is O=C(Cc1ccccc1)Nc1ccn(CCC(F)CBr)c(=O)c1. The minimum atomic E-state index is -0.979. The van der Waals surface area contributed by atoms with Crippen LogP contribution in [0.5, 0.6) is 0 Å². The van der Waals surface area contributed by atoms with Gasteiger partial charge in [-0.15, -0.1) is 0 Å². The standard InChI is InChI=1S/C17H18BrFN2O2/c18-12-14(19)6-8-21-9-7-15(11-17(21)23)20-16(22)10-13-4-2-1-3-5-13/h1-5,7,9,11,14H,6,8,10,12H2,(H,20,22). The van der Waals surface area contributed by atoms with Crippen molar-refractivity contribution in [3.05, 3.63) is 64.6 Å². The van der Waals surface area contributed by atoms with Gasteiger partial charge in [-0.1, -0.05) is 46.3 Å². The molecule has 0 fully saturated rings. The zero-order chi connectivity index (χ0) is 16.7. The van der Waals surface area contributed by atoms with Crippen LogP contribution in [0, 0.1) is 0 Å². The van der Waals surface area contributed by atoms with Crippen molar-refractivity contribution in [1.29, 1.82) is 0 Å². The van der Waals surface area contributed by atoms with Crippen LogP contribution in [0.4, 0.5) is 10.1 Å². The van der Waals surface area contributed by atoms with Gasteiger partial charge in [0.05, 0.1) is 6.42 Å². The van der Waals surface area contributed by atoms with Gasteiger partial charge in [-0.2, -0.15) is 0 Å². The van der Waals surface area contributed by atoms with Crippen LogP contribution in [-0.4, -0.2) is 22.0 Å². The number of amides is 1. The molecule has 1 atom stereocenters. The molecule has 0 aliphatic carbocycles. The van der Waals surface area contributed by atoms with E-state index in [1.54, 1.807) is 12.3 Å². The number of hydrogen-bond donors (Lipinski definition) is 1.